The van der Waals surface area contributed by atoms with Crippen molar-refractivity contribution in [2.24, 2.45) is 5.92 Å². The van der Waals surface area contributed by atoms with E-state index in [9.17, 15) is 9.18 Å². The normalized spacial score (nSPS) is 12.8. The molecule has 1 atom stereocenters. The molecule has 1 heterocycles. The maximum absolute atomic E-state index is 13.1. The smallest absolute Gasteiger partial charge is 0.339 e. The van der Waals surface area contributed by atoms with Gasteiger partial charge in [-0.3, -0.25) is 0 Å². The largest absolute Gasteiger partial charge is 0.478 e. The van der Waals surface area contributed by atoms with Crippen molar-refractivity contribution in [1.82, 2.24) is 9.88 Å². The van der Waals surface area contributed by atoms with Gasteiger partial charge in [0.2, 0.25) is 0 Å². The summed E-state index contributed by atoms with van der Waals surface area (Å²) < 4.78 is 13.1. The number of anilines is 1. The van der Waals surface area contributed by atoms with E-state index in [1.807, 2.05) is 32.8 Å². The van der Waals surface area contributed by atoms with Gasteiger partial charge in [-0.15, -0.1) is 0 Å². The second kappa shape index (κ2) is 6.47. The zero-order chi connectivity index (χ0) is 14.6. The van der Waals surface area contributed by atoms with E-state index in [0.717, 1.165) is 18.8 Å². The van der Waals surface area contributed by atoms with E-state index >= 15 is 0 Å². The Morgan fingerprint density at radius 3 is 2.63 bits per heavy atom. The fourth-order valence-corrected chi connectivity index (χ4v) is 1.71. The quantitative estimate of drug-likeness (QED) is 0.826. The monoisotopic (exact) mass is 269 g/mol. The average molecular weight is 269 g/mol. The predicted molar refractivity (Wildman–Crippen MR) is 72.0 cm³/mol. The number of rotatable bonds is 6. The number of likely N-dealkylation sites (N-methyl/N-ethyl adjacent to an activating group) is 1. The third kappa shape index (κ3) is 4.48. The summed E-state index contributed by atoms with van der Waals surface area (Å²) in [5.41, 5.74) is -0.149. The third-order valence-electron chi connectivity index (χ3n) is 2.77. The standard InChI is InChI=1S/C13H20FN3O2/c1-8(2)11(7-17(3)4)16-12-10(13(18)19)5-9(14)6-15-12/h5-6,8,11H,7H2,1-4H3,(H,15,16)(H,18,19). The Morgan fingerprint density at radius 2 is 2.16 bits per heavy atom. The first-order valence-corrected chi connectivity index (χ1v) is 6.11. The lowest BCUT2D eigenvalue weighted by atomic mass is 10.0. The van der Waals surface area contributed by atoms with E-state index in [4.69, 9.17) is 5.11 Å². The van der Waals surface area contributed by atoms with Crippen molar-refractivity contribution in [2.45, 2.75) is 19.9 Å². The molecule has 1 aromatic rings. The van der Waals surface area contributed by atoms with Crippen LogP contribution in [0.25, 0.3) is 0 Å². The van der Waals surface area contributed by atoms with Crippen molar-refractivity contribution in [3.05, 3.63) is 23.6 Å². The fraction of sp³-hybridized carbons (Fsp3) is 0.538. The second-order valence-electron chi connectivity index (χ2n) is 5.11. The molecule has 0 radical (unpaired) electrons. The number of hydrogen-bond acceptors (Lipinski definition) is 4. The molecule has 5 nitrogen and oxygen atoms in total. The number of halogens is 1. The van der Waals surface area contributed by atoms with Crippen LogP contribution in [-0.4, -0.2) is 47.6 Å². The van der Waals surface area contributed by atoms with Crippen LogP contribution in [0.15, 0.2) is 12.3 Å². The molecule has 6 heteroatoms. The topological polar surface area (TPSA) is 65.5 Å². The molecule has 0 spiro atoms. The molecule has 1 rings (SSSR count). The number of hydrogen-bond donors (Lipinski definition) is 2. The average Bonchev–Trinajstić information content (AvgIpc) is 2.29. The number of carboxylic acids is 1. The first kappa shape index (κ1) is 15.4. The van der Waals surface area contributed by atoms with Gasteiger partial charge >= 0.3 is 5.97 Å². The Balaban J connectivity index is 2.99. The highest BCUT2D eigenvalue weighted by molar-refractivity contribution is 5.93. The first-order valence-electron chi connectivity index (χ1n) is 6.11. The summed E-state index contributed by atoms with van der Waals surface area (Å²) in [5, 5.41) is 12.2. The molecule has 19 heavy (non-hydrogen) atoms. The lowest BCUT2D eigenvalue weighted by Gasteiger charge is -2.26. The van der Waals surface area contributed by atoms with Crippen LogP contribution in [0.5, 0.6) is 0 Å². The van der Waals surface area contributed by atoms with E-state index in [1.54, 1.807) is 0 Å². The molecule has 2 N–H and O–H groups in total. The van der Waals surface area contributed by atoms with Crippen LogP contribution >= 0.6 is 0 Å². The number of aromatic carboxylic acids is 1. The zero-order valence-electron chi connectivity index (χ0n) is 11.6. The number of nitrogens with zero attached hydrogens (tertiary/aromatic N) is 2. The summed E-state index contributed by atoms with van der Waals surface area (Å²) in [6.45, 7) is 4.80. The van der Waals surface area contributed by atoms with E-state index < -0.39 is 11.8 Å². The molecule has 1 aromatic heterocycles. The van der Waals surface area contributed by atoms with Crippen LogP contribution in [0.1, 0.15) is 24.2 Å². The summed E-state index contributed by atoms with van der Waals surface area (Å²) >= 11 is 0. The number of nitrogens with one attached hydrogen (secondary N) is 1. The minimum atomic E-state index is -1.19. The highest BCUT2D eigenvalue weighted by Crippen LogP contribution is 2.17. The predicted octanol–water partition coefficient (Wildman–Crippen LogP) is 1.92. The van der Waals surface area contributed by atoms with Gasteiger partial charge < -0.3 is 15.3 Å². The third-order valence-corrected chi connectivity index (χ3v) is 2.77. The van der Waals surface area contributed by atoms with Gasteiger partial charge in [0.05, 0.1) is 6.20 Å². The summed E-state index contributed by atoms with van der Waals surface area (Å²) in [6.07, 6.45) is 1.02. The minimum Gasteiger partial charge on any atom is -0.478 e. The molecule has 0 amide bonds. The van der Waals surface area contributed by atoms with Crippen molar-refractivity contribution < 1.29 is 14.3 Å². The molecule has 0 aromatic carbocycles. The minimum absolute atomic E-state index is 0.0334. The molecule has 0 aliphatic heterocycles. The maximum atomic E-state index is 13.1. The molecule has 0 saturated carbocycles. The van der Waals surface area contributed by atoms with Gasteiger partial charge in [0, 0.05) is 12.6 Å². The molecule has 106 valence electrons. The van der Waals surface area contributed by atoms with E-state index in [2.05, 4.69) is 10.3 Å². The number of carbonyl (C=O) groups is 1. The van der Waals surface area contributed by atoms with Gasteiger partial charge in [-0.05, 0) is 26.1 Å². The SMILES string of the molecule is CC(C)C(CN(C)C)Nc1ncc(F)cc1C(=O)O. The Hall–Kier alpha value is -1.69. The van der Waals surface area contributed by atoms with Crippen molar-refractivity contribution in [1.29, 1.82) is 0 Å². The molecule has 0 aliphatic rings. The summed E-state index contributed by atoms with van der Waals surface area (Å²) in [7, 11) is 3.88. The van der Waals surface area contributed by atoms with E-state index in [0.29, 0.717) is 0 Å². The molecule has 0 fully saturated rings. The Kier molecular flexibility index (Phi) is 5.23. The second-order valence-corrected chi connectivity index (χ2v) is 5.11. The van der Waals surface area contributed by atoms with E-state index in [1.165, 1.54) is 0 Å². The van der Waals surface area contributed by atoms with Crippen molar-refractivity contribution in [2.75, 3.05) is 26.0 Å². The van der Waals surface area contributed by atoms with Gasteiger partial charge in [0.1, 0.15) is 17.2 Å². The maximum Gasteiger partial charge on any atom is 0.339 e. The molecule has 0 aliphatic carbocycles. The zero-order valence-corrected chi connectivity index (χ0v) is 11.6. The van der Waals surface area contributed by atoms with Crippen LogP contribution in [0, 0.1) is 11.7 Å². The number of carboxylic acid groups (broad SMARTS) is 1. The Labute approximate surface area is 112 Å². The van der Waals surface area contributed by atoms with Crippen LogP contribution in [0.2, 0.25) is 0 Å². The Bertz CT molecular complexity index is 450. The van der Waals surface area contributed by atoms with Crippen LogP contribution < -0.4 is 5.32 Å². The lowest BCUT2D eigenvalue weighted by Crippen LogP contribution is -2.37. The van der Waals surface area contributed by atoms with E-state index in [-0.39, 0.29) is 23.3 Å². The van der Waals surface area contributed by atoms with Crippen LogP contribution in [-0.2, 0) is 0 Å². The molecule has 1 unspecified atom stereocenters. The summed E-state index contributed by atoms with van der Waals surface area (Å²) in [6, 6.07) is 1.01. The van der Waals surface area contributed by atoms with Crippen molar-refractivity contribution in [3.8, 4) is 0 Å². The number of pyridine rings is 1. The van der Waals surface area contributed by atoms with Crippen molar-refractivity contribution >= 4 is 11.8 Å². The highest BCUT2D eigenvalue weighted by atomic mass is 19.1. The highest BCUT2D eigenvalue weighted by Gasteiger charge is 2.19. The summed E-state index contributed by atoms with van der Waals surface area (Å²) in [4.78, 5) is 16.9. The van der Waals surface area contributed by atoms with Gasteiger partial charge in [-0.25, -0.2) is 14.2 Å². The summed E-state index contributed by atoms with van der Waals surface area (Å²) in [5.74, 6) is -1.36. The molecular formula is C13H20FN3O2. The van der Waals surface area contributed by atoms with Gasteiger partial charge in [-0.2, -0.15) is 0 Å². The van der Waals surface area contributed by atoms with Gasteiger partial charge in [-0.1, -0.05) is 13.8 Å². The van der Waals surface area contributed by atoms with Crippen LogP contribution in [0.3, 0.4) is 0 Å². The van der Waals surface area contributed by atoms with Gasteiger partial charge in [0.25, 0.3) is 0 Å². The first-order chi connectivity index (χ1) is 8.81. The Morgan fingerprint density at radius 1 is 1.53 bits per heavy atom. The number of aromatic nitrogens is 1. The molecular weight excluding hydrogens is 249 g/mol. The molecule has 0 saturated heterocycles. The lowest BCUT2D eigenvalue weighted by molar-refractivity contribution is 0.0697. The van der Waals surface area contributed by atoms with Gasteiger partial charge in [0.15, 0.2) is 0 Å². The fourth-order valence-electron chi connectivity index (χ4n) is 1.71. The van der Waals surface area contributed by atoms with Crippen molar-refractivity contribution in [3.63, 3.8) is 0 Å². The van der Waals surface area contributed by atoms with Crippen LogP contribution in [0.4, 0.5) is 10.2 Å². The molecule has 0 bridgehead atoms.